The molecule has 0 aromatic rings. The maximum absolute atomic E-state index is 10.8. The summed E-state index contributed by atoms with van der Waals surface area (Å²) in [6.45, 7) is 3.58. The molecule has 0 aliphatic carbocycles. The van der Waals surface area contributed by atoms with Gasteiger partial charge in [0.15, 0.2) is 0 Å². The van der Waals surface area contributed by atoms with E-state index in [4.69, 9.17) is 11.1 Å². The van der Waals surface area contributed by atoms with E-state index in [9.17, 15) is 4.79 Å². The fourth-order valence-corrected chi connectivity index (χ4v) is 0.448. The summed E-state index contributed by atoms with van der Waals surface area (Å²) >= 11 is 0. The van der Waals surface area contributed by atoms with Crippen LogP contribution in [-0.4, -0.2) is 18.8 Å². The highest BCUT2D eigenvalue weighted by Gasteiger charge is 2.07. The predicted octanol–water partition coefficient (Wildman–Crippen LogP) is 0.432. The first-order chi connectivity index (χ1) is 5.13. The molecular weight excluding hydrogens is 144 g/mol. The van der Waals surface area contributed by atoms with Crippen molar-refractivity contribution in [3.8, 4) is 0 Å². The van der Waals surface area contributed by atoms with Crippen molar-refractivity contribution in [1.82, 2.24) is 0 Å². The first kappa shape index (κ1) is 9.68. The standard InChI is InChI=1S/C7H12N2O2/c1-3-11-7(10)6(9)5(2)4-8/h4,8H,3,9H2,1-2H3/b6-5-,8-4?. The average Bonchev–Trinajstić information content (AvgIpc) is 2.02. The summed E-state index contributed by atoms with van der Waals surface area (Å²) in [6, 6.07) is 0. The fraction of sp³-hybridized carbons (Fsp3) is 0.429. The summed E-state index contributed by atoms with van der Waals surface area (Å²) in [6.07, 6.45) is 1.02. The van der Waals surface area contributed by atoms with Crippen LogP contribution in [0.5, 0.6) is 0 Å². The molecule has 0 radical (unpaired) electrons. The molecule has 0 aliphatic heterocycles. The Morgan fingerprint density at radius 1 is 1.73 bits per heavy atom. The number of carbonyl (C=O) groups excluding carboxylic acids is 1. The second kappa shape index (κ2) is 4.49. The van der Waals surface area contributed by atoms with Crippen LogP contribution in [0.2, 0.25) is 0 Å². The van der Waals surface area contributed by atoms with Crippen molar-refractivity contribution < 1.29 is 9.53 Å². The molecule has 0 aromatic heterocycles. The van der Waals surface area contributed by atoms with Gasteiger partial charge in [-0.05, 0) is 19.4 Å². The lowest BCUT2D eigenvalue weighted by Crippen LogP contribution is -2.16. The summed E-state index contributed by atoms with van der Waals surface area (Å²) in [7, 11) is 0. The number of nitrogens with two attached hydrogens (primary N) is 1. The predicted molar refractivity (Wildman–Crippen MR) is 42.3 cm³/mol. The first-order valence-electron chi connectivity index (χ1n) is 3.27. The Bertz CT molecular complexity index is 197. The van der Waals surface area contributed by atoms with Crippen LogP contribution in [-0.2, 0) is 9.53 Å². The SMILES string of the molecule is CCOC(=O)/C(N)=C(\C)C=N. The van der Waals surface area contributed by atoms with Gasteiger partial charge < -0.3 is 15.9 Å². The molecule has 0 saturated heterocycles. The van der Waals surface area contributed by atoms with Crippen LogP contribution in [0.4, 0.5) is 0 Å². The van der Waals surface area contributed by atoms with E-state index in [0.29, 0.717) is 12.2 Å². The van der Waals surface area contributed by atoms with Crippen molar-refractivity contribution in [2.24, 2.45) is 5.73 Å². The summed E-state index contributed by atoms with van der Waals surface area (Å²) < 4.78 is 4.60. The smallest absolute Gasteiger partial charge is 0.354 e. The highest BCUT2D eigenvalue weighted by atomic mass is 16.5. The molecule has 11 heavy (non-hydrogen) atoms. The van der Waals surface area contributed by atoms with Gasteiger partial charge in [0, 0.05) is 6.21 Å². The topological polar surface area (TPSA) is 76.2 Å². The van der Waals surface area contributed by atoms with Crippen LogP contribution in [0.3, 0.4) is 0 Å². The second-order valence-electron chi connectivity index (χ2n) is 1.96. The van der Waals surface area contributed by atoms with E-state index in [1.807, 2.05) is 0 Å². The van der Waals surface area contributed by atoms with Gasteiger partial charge in [0.05, 0.1) is 6.61 Å². The summed E-state index contributed by atoms with van der Waals surface area (Å²) in [5.74, 6) is -0.562. The number of hydrogen-bond donors (Lipinski definition) is 2. The number of esters is 1. The lowest BCUT2D eigenvalue weighted by molar-refractivity contribution is -0.138. The van der Waals surface area contributed by atoms with Gasteiger partial charge in [0.25, 0.3) is 0 Å². The minimum Gasteiger partial charge on any atom is -0.461 e. The molecule has 3 N–H and O–H groups in total. The van der Waals surface area contributed by atoms with Crippen LogP contribution >= 0.6 is 0 Å². The monoisotopic (exact) mass is 156 g/mol. The van der Waals surface area contributed by atoms with Crippen LogP contribution in [0.15, 0.2) is 11.3 Å². The molecule has 0 spiro atoms. The minimum atomic E-state index is -0.562. The third-order valence-corrected chi connectivity index (χ3v) is 1.14. The van der Waals surface area contributed by atoms with Gasteiger partial charge in [-0.1, -0.05) is 0 Å². The third-order valence-electron chi connectivity index (χ3n) is 1.14. The van der Waals surface area contributed by atoms with E-state index in [1.165, 1.54) is 0 Å². The molecule has 0 unspecified atom stereocenters. The maximum atomic E-state index is 10.8. The molecule has 0 amide bonds. The molecule has 0 fully saturated rings. The van der Waals surface area contributed by atoms with Crippen molar-refractivity contribution in [2.75, 3.05) is 6.61 Å². The van der Waals surface area contributed by atoms with Crippen LogP contribution in [0, 0.1) is 5.41 Å². The molecule has 0 aliphatic rings. The van der Waals surface area contributed by atoms with E-state index in [2.05, 4.69) is 4.74 Å². The highest BCUT2D eigenvalue weighted by molar-refractivity contribution is 5.94. The van der Waals surface area contributed by atoms with E-state index in [1.54, 1.807) is 13.8 Å². The Hall–Kier alpha value is -1.32. The summed E-state index contributed by atoms with van der Waals surface area (Å²) in [4.78, 5) is 10.8. The number of ether oxygens (including phenoxy) is 1. The molecule has 0 atom stereocenters. The number of rotatable bonds is 3. The normalized spacial score (nSPS) is 11.8. The Kier molecular flexibility index (Phi) is 3.95. The lowest BCUT2D eigenvalue weighted by Gasteiger charge is -2.01. The molecule has 0 aromatic carbocycles. The van der Waals surface area contributed by atoms with Crippen LogP contribution in [0.1, 0.15) is 13.8 Å². The Balaban J connectivity index is 4.33. The molecular formula is C7H12N2O2. The second-order valence-corrected chi connectivity index (χ2v) is 1.96. The van der Waals surface area contributed by atoms with Crippen LogP contribution < -0.4 is 5.73 Å². The third kappa shape index (κ3) is 2.84. The number of nitrogens with one attached hydrogen (secondary N) is 1. The van der Waals surface area contributed by atoms with Crippen LogP contribution in [0.25, 0.3) is 0 Å². The summed E-state index contributed by atoms with van der Waals surface area (Å²) in [5, 5.41) is 6.79. The van der Waals surface area contributed by atoms with Gasteiger partial charge in [0.1, 0.15) is 5.70 Å². The number of carbonyl (C=O) groups is 1. The fourth-order valence-electron chi connectivity index (χ4n) is 0.448. The Morgan fingerprint density at radius 2 is 2.27 bits per heavy atom. The van der Waals surface area contributed by atoms with Crippen molar-refractivity contribution in [3.05, 3.63) is 11.3 Å². The highest BCUT2D eigenvalue weighted by Crippen LogP contribution is 1.96. The van der Waals surface area contributed by atoms with Gasteiger partial charge >= 0.3 is 5.97 Å². The van der Waals surface area contributed by atoms with Gasteiger partial charge in [-0.25, -0.2) is 4.79 Å². The van der Waals surface area contributed by atoms with E-state index in [0.717, 1.165) is 6.21 Å². The zero-order valence-corrected chi connectivity index (χ0v) is 6.68. The number of allylic oxidation sites excluding steroid dienone is 1. The average molecular weight is 156 g/mol. The van der Waals surface area contributed by atoms with Gasteiger partial charge in [0.2, 0.25) is 0 Å². The van der Waals surface area contributed by atoms with Crippen molar-refractivity contribution in [2.45, 2.75) is 13.8 Å². The lowest BCUT2D eigenvalue weighted by atomic mass is 10.2. The zero-order chi connectivity index (χ0) is 8.85. The minimum absolute atomic E-state index is 0.00171. The quantitative estimate of drug-likeness (QED) is 0.353. The molecule has 0 saturated carbocycles. The molecule has 0 heterocycles. The van der Waals surface area contributed by atoms with Crippen molar-refractivity contribution >= 4 is 12.2 Å². The Morgan fingerprint density at radius 3 is 2.64 bits per heavy atom. The maximum Gasteiger partial charge on any atom is 0.354 e. The molecule has 4 heteroatoms. The van der Waals surface area contributed by atoms with Gasteiger partial charge in [-0.3, -0.25) is 0 Å². The molecule has 4 nitrogen and oxygen atoms in total. The van der Waals surface area contributed by atoms with E-state index in [-0.39, 0.29) is 5.70 Å². The largest absolute Gasteiger partial charge is 0.461 e. The molecule has 0 rings (SSSR count). The van der Waals surface area contributed by atoms with Crippen molar-refractivity contribution in [3.63, 3.8) is 0 Å². The summed E-state index contributed by atoms with van der Waals surface area (Å²) in [5.41, 5.74) is 5.73. The van der Waals surface area contributed by atoms with Gasteiger partial charge in [-0.15, -0.1) is 0 Å². The van der Waals surface area contributed by atoms with Gasteiger partial charge in [-0.2, -0.15) is 0 Å². The van der Waals surface area contributed by atoms with Crippen molar-refractivity contribution in [1.29, 1.82) is 5.41 Å². The Labute approximate surface area is 65.5 Å². The number of hydrogen-bond acceptors (Lipinski definition) is 4. The zero-order valence-electron chi connectivity index (χ0n) is 6.68. The van der Waals surface area contributed by atoms with E-state index >= 15 is 0 Å². The molecule has 62 valence electrons. The van der Waals surface area contributed by atoms with E-state index < -0.39 is 5.97 Å². The molecule has 0 bridgehead atoms. The first-order valence-corrected chi connectivity index (χ1v) is 3.27.